The molecule has 2 atom stereocenters. The standard InChI is InChI=1S/C13H25N3O3/c1-4-15(3)9-7-14-13(19)16-8-5-6-10(2)11(16)12(17)18/h10-11H,4-9H2,1-3H3,(H,14,19)(H,17,18). The lowest BCUT2D eigenvalue weighted by Crippen LogP contribution is -2.55. The summed E-state index contributed by atoms with van der Waals surface area (Å²) in [5.41, 5.74) is 0. The number of hydrogen-bond acceptors (Lipinski definition) is 3. The molecule has 1 rings (SSSR count). The second kappa shape index (κ2) is 7.33. The van der Waals surface area contributed by atoms with Crippen molar-refractivity contribution in [3.8, 4) is 0 Å². The summed E-state index contributed by atoms with van der Waals surface area (Å²) < 4.78 is 0. The van der Waals surface area contributed by atoms with E-state index in [9.17, 15) is 14.7 Å². The number of likely N-dealkylation sites (tertiary alicyclic amines) is 1. The molecular formula is C13H25N3O3. The average molecular weight is 271 g/mol. The minimum atomic E-state index is -0.909. The highest BCUT2D eigenvalue weighted by Gasteiger charge is 2.36. The minimum absolute atomic E-state index is 0.00955. The van der Waals surface area contributed by atoms with Crippen molar-refractivity contribution in [1.82, 2.24) is 15.1 Å². The number of piperidine rings is 1. The van der Waals surface area contributed by atoms with Crippen molar-refractivity contribution >= 4 is 12.0 Å². The van der Waals surface area contributed by atoms with Gasteiger partial charge in [-0.25, -0.2) is 9.59 Å². The predicted molar refractivity (Wildman–Crippen MR) is 73.1 cm³/mol. The first-order valence-electron chi connectivity index (χ1n) is 6.93. The van der Waals surface area contributed by atoms with Gasteiger partial charge in [0.05, 0.1) is 0 Å². The second-order valence-electron chi connectivity index (χ2n) is 5.22. The highest BCUT2D eigenvalue weighted by atomic mass is 16.4. The SMILES string of the molecule is CCN(C)CCNC(=O)N1CCCC(C)C1C(=O)O. The van der Waals surface area contributed by atoms with Crippen LogP contribution in [0.1, 0.15) is 26.7 Å². The van der Waals surface area contributed by atoms with Crippen LogP contribution in [0.25, 0.3) is 0 Å². The average Bonchev–Trinajstić information content (AvgIpc) is 2.37. The lowest BCUT2D eigenvalue weighted by molar-refractivity contribution is -0.145. The van der Waals surface area contributed by atoms with Gasteiger partial charge >= 0.3 is 12.0 Å². The Morgan fingerprint density at radius 2 is 2.16 bits per heavy atom. The zero-order valence-corrected chi connectivity index (χ0v) is 12.1. The number of nitrogens with zero attached hydrogens (tertiary/aromatic N) is 2. The van der Waals surface area contributed by atoms with Gasteiger partial charge in [0.2, 0.25) is 0 Å². The Labute approximate surface area is 114 Å². The van der Waals surface area contributed by atoms with Gasteiger partial charge in [-0.15, -0.1) is 0 Å². The molecule has 19 heavy (non-hydrogen) atoms. The van der Waals surface area contributed by atoms with Gasteiger partial charge in [-0.2, -0.15) is 0 Å². The molecule has 110 valence electrons. The Morgan fingerprint density at radius 3 is 2.74 bits per heavy atom. The fraction of sp³-hybridized carbons (Fsp3) is 0.846. The minimum Gasteiger partial charge on any atom is -0.480 e. The third kappa shape index (κ3) is 4.38. The van der Waals surface area contributed by atoms with Crippen molar-refractivity contribution in [3.05, 3.63) is 0 Å². The quantitative estimate of drug-likeness (QED) is 0.777. The Bertz CT molecular complexity index is 322. The van der Waals surface area contributed by atoms with Crippen LogP contribution in [0.2, 0.25) is 0 Å². The van der Waals surface area contributed by atoms with Gasteiger partial charge < -0.3 is 20.2 Å². The van der Waals surface area contributed by atoms with Crippen molar-refractivity contribution in [2.45, 2.75) is 32.7 Å². The van der Waals surface area contributed by atoms with Gasteiger partial charge in [0.25, 0.3) is 0 Å². The van der Waals surface area contributed by atoms with Crippen LogP contribution < -0.4 is 5.32 Å². The van der Waals surface area contributed by atoms with Crippen LogP contribution in [0.3, 0.4) is 0 Å². The Balaban J connectivity index is 2.51. The fourth-order valence-electron chi connectivity index (χ4n) is 2.41. The van der Waals surface area contributed by atoms with Crippen LogP contribution in [0, 0.1) is 5.92 Å². The molecule has 1 saturated heterocycles. The summed E-state index contributed by atoms with van der Waals surface area (Å²) in [6.45, 7) is 6.70. The number of likely N-dealkylation sites (N-methyl/N-ethyl adjacent to an activating group) is 1. The summed E-state index contributed by atoms with van der Waals surface area (Å²) in [6, 6.07) is -0.957. The molecule has 1 aliphatic heterocycles. The Hall–Kier alpha value is -1.30. The maximum Gasteiger partial charge on any atom is 0.326 e. The van der Waals surface area contributed by atoms with E-state index in [0.29, 0.717) is 13.1 Å². The van der Waals surface area contributed by atoms with Crippen LogP contribution in [0.5, 0.6) is 0 Å². The summed E-state index contributed by atoms with van der Waals surface area (Å²) in [7, 11) is 1.98. The molecule has 0 aliphatic carbocycles. The molecular weight excluding hydrogens is 246 g/mol. The van der Waals surface area contributed by atoms with Gasteiger partial charge in [-0.05, 0) is 32.4 Å². The van der Waals surface area contributed by atoms with E-state index >= 15 is 0 Å². The van der Waals surface area contributed by atoms with E-state index in [0.717, 1.165) is 25.9 Å². The first-order chi connectivity index (χ1) is 8.97. The van der Waals surface area contributed by atoms with E-state index in [1.54, 1.807) is 0 Å². The van der Waals surface area contributed by atoms with E-state index in [2.05, 4.69) is 17.1 Å². The predicted octanol–water partition coefficient (Wildman–Crippen LogP) is 0.833. The number of carboxylic acids is 1. The topological polar surface area (TPSA) is 72.9 Å². The van der Waals surface area contributed by atoms with Gasteiger partial charge in [0, 0.05) is 19.6 Å². The van der Waals surface area contributed by atoms with Gasteiger partial charge in [-0.3, -0.25) is 0 Å². The molecule has 1 heterocycles. The molecule has 0 bridgehead atoms. The summed E-state index contributed by atoms with van der Waals surface area (Å²) in [5, 5.41) is 12.1. The zero-order chi connectivity index (χ0) is 14.4. The van der Waals surface area contributed by atoms with Gasteiger partial charge in [-0.1, -0.05) is 13.8 Å². The lowest BCUT2D eigenvalue weighted by Gasteiger charge is -2.37. The summed E-state index contributed by atoms with van der Waals surface area (Å²) in [5.74, 6) is -0.900. The van der Waals surface area contributed by atoms with Crippen LogP contribution in [-0.2, 0) is 4.79 Å². The highest BCUT2D eigenvalue weighted by Crippen LogP contribution is 2.23. The molecule has 2 N–H and O–H groups in total. The summed E-state index contributed by atoms with van der Waals surface area (Å²) in [4.78, 5) is 26.9. The number of amides is 2. The van der Waals surface area contributed by atoms with E-state index in [4.69, 9.17) is 0 Å². The molecule has 6 heteroatoms. The molecule has 2 unspecified atom stereocenters. The number of nitrogens with one attached hydrogen (secondary N) is 1. The van der Waals surface area contributed by atoms with Crippen molar-refractivity contribution in [2.24, 2.45) is 5.92 Å². The molecule has 0 spiro atoms. The Kier molecular flexibility index (Phi) is 6.08. The molecule has 0 saturated carbocycles. The zero-order valence-electron chi connectivity index (χ0n) is 12.1. The normalized spacial score (nSPS) is 23.5. The van der Waals surface area contributed by atoms with Gasteiger partial charge in [0.1, 0.15) is 6.04 Å². The first-order valence-corrected chi connectivity index (χ1v) is 6.93. The van der Waals surface area contributed by atoms with Crippen LogP contribution >= 0.6 is 0 Å². The van der Waals surface area contributed by atoms with E-state index in [-0.39, 0.29) is 11.9 Å². The van der Waals surface area contributed by atoms with Gasteiger partial charge in [0.15, 0.2) is 0 Å². The van der Waals surface area contributed by atoms with E-state index in [1.165, 1.54) is 4.90 Å². The number of hydrogen-bond donors (Lipinski definition) is 2. The van der Waals surface area contributed by atoms with Crippen molar-refractivity contribution < 1.29 is 14.7 Å². The monoisotopic (exact) mass is 271 g/mol. The first kappa shape index (κ1) is 15.8. The molecule has 2 amide bonds. The van der Waals surface area contributed by atoms with Crippen LogP contribution in [0.4, 0.5) is 4.79 Å². The largest absolute Gasteiger partial charge is 0.480 e. The molecule has 1 fully saturated rings. The molecule has 0 aromatic rings. The number of urea groups is 1. The lowest BCUT2D eigenvalue weighted by atomic mass is 9.91. The number of rotatable bonds is 5. The third-order valence-corrected chi connectivity index (χ3v) is 3.76. The maximum absolute atomic E-state index is 12.1. The summed E-state index contributed by atoms with van der Waals surface area (Å²) in [6.07, 6.45) is 1.73. The molecule has 0 aromatic heterocycles. The Morgan fingerprint density at radius 1 is 1.47 bits per heavy atom. The molecule has 1 aliphatic rings. The van der Waals surface area contributed by atoms with E-state index in [1.807, 2.05) is 14.0 Å². The van der Waals surface area contributed by atoms with Crippen molar-refractivity contribution in [1.29, 1.82) is 0 Å². The second-order valence-corrected chi connectivity index (χ2v) is 5.22. The highest BCUT2D eigenvalue weighted by molar-refractivity contribution is 5.83. The number of aliphatic carboxylic acids is 1. The number of carbonyl (C=O) groups is 2. The number of carbonyl (C=O) groups excluding carboxylic acids is 1. The smallest absolute Gasteiger partial charge is 0.326 e. The summed E-state index contributed by atoms with van der Waals surface area (Å²) >= 11 is 0. The molecule has 0 aromatic carbocycles. The maximum atomic E-state index is 12.1. The number of carboxylic acid groups (broad SMARTS) is 1. The fourth-order valence-corrected chi connectivity index (χ4v) is 2.41. The molecule has 0 radical (unpaired) electrons. The van der Waals surface area contributed by atoms with Crippen LogP contribution in [-0.4, -0.2) is 66.2 Å². The van der Waals surface area contributed by atoms with Crippen molar-refractivity contribution in [2.75, 3.05) is 33.2 Å². The van der Waals surface area contributed by atoms with Crippen LogP contribution in [0.15, 0.2) is 0 Å². The molecule has 6 nitrogen and oxygen atoms in total. The van der Waals surface area contributed by atoms with Crippen molar-refractivity contribution in [3.63, 3.8) is 0 Å². The third-order valence-electron chi connectivity index (χ3n) is 3.76. The van der Waals surface area contributed by atoms with E-state index < -0.39 is 12.0 Å².